The molecule has 0 N–H and O–H groups in total. The topological polar surface area (TPSA) is 124 Å². The Kier molecular flexibility index (Phi) is 10.7. The molecule has 3 atom stereocenters. The number of hydrogen-bond donors (Lipinski definition) is 0. The van der Waals surface area contributed by atoms with E-state index in [0.717, 1.165) is 11.1 Å². The van der Waals surface area contributed by atoms with Crippen LogP contribution in [0.2, 0.25) is 0 Å². The van der Waals surface area contributed by atoms with Gasteiger partial charge in [-0.15, -0.1) is 0 Å². The smallest absolute Gasteiger partial charge is 0.257 e. The van der Waals surface area contributed by atoms with Crippen LogP contribution in [0.15, 0.2) is 103 Å². The van der Waals surface area contributed by atoms with Gasteiger partial charge < -0.3 is 42.6 Å². The van der Waals surface area contributed by atoms with Gasteiger partial charge in [-0.3, -0.25) is 19.4 Å². The minimum Gasteiger partial charge on any atom is -0.497 e. The van der Waals surface area contributed by atoms with Crippen molar-refractivity contribution < 1.29 is 52.2 Å². The van der Waals surface area contributed by atoms with Gasteiger partial charge in [-0.05, 0) is 75.2 Å². The molecule has 0 radical (unpaired) electrons. The van der Waals surface area contributed by atoms with Crippen molar-refractivity contribution in [1.29, 1.82) is 0 Å². The van der Waals surface area contributed by atoms with E-state index in [4.69, 9.17) is 42.6 Å². The molecule has 3 aliphatic rings. The molecule has 3 aliphatic heterocycles. The summed E-state index contributed by atoms with van der Waals surface area (Å²) in [5.74, 6) is 1.27. The van der Waals surface area contributed by atoms with Gasteiger partial charge >= 0.3 is 0 Å². The maximum Gasteiger partial charge on any atom is 0.257 e. The molecule has 0 aliphatic carbocycles. The van der Waals surface area contributed by atoms with Crippen molar-refractivity contribution in [2.45, 2.75) is 69.4 Å². The van der Waals surface area contributed by atoms with Crippen LogP contribution in [0.1, 0.15) is 49.9 Å². The average molecular weight is 795 g/mol. The SMILES string of the molecule is COc1ccc(CN2C(=O)C(C)(C)OC2(c2c(OC)cccc2OC)C2(c3c(OC)cccc3OC)OC(C)(C)C(=O)N2C(Cc2ccccc2)C2=COCO2)cc1. The van der Waals surface area contributed by atoms with E-state index in [2.05, 4.69) is 0 Å². The van der Waals surface area contributed by atoms with Gasteiger partial charge in [0.05, 0.1) is 52.7 Å². The van der Waals surface area contributed by atoms with Crippen LogP contribution in [-0.4, -0.2) is 81.2 Å². The highest BCUT2D eigenvalue weighted by atomic mass is 16.7. The quantitative estimate of drug-likeness (QED) is 0.136. The molecule has 4 aromatic carbocycles. The van der Waals surface area contributed by atoms with Crippen LogP contribution in [0, 0.1) is 0 Å². The van der Waals surface area contributed by atoms with Crippen LogP contribution in [-0.2, 0) is 53.0 Å². The van der Waals surface area contributed by atoms with Crippen LogP contribution in [0.3, 0.4) is 0 Å². The van der Waals surface area contributed by atoms with Gasteiger partial charge in [0.2, 0.25) is 18.2 Å². The van der Waals surface area contributed by atoms with Crippen molar-refractivity contribution in [2.24, 2.45) is 0 Å². The Balaban J connectivity index is 1.71. The molecule has 13 heteroatoms. The van der Waals surface area contributed by atoms with E-state index >= 15 is 9.59 Å². The van der Waals surface area contributed by atoms with E-state index in [1.807, 2.05) is 54.6 Å². The number of carbonyl (C=O) groups is 2. The summed E-state index contributed by atoms with van der Waals surface area (Å²) >= 11 is 0. The van der Waals surface area contributed by atoms with E-state index < -0.39 is 40.5 Å². The number of ether oxygens (including phenoxy) is 9. The van der Waals surface area contributed by atoms with E-state index in [0.29, 0.717) is 11.5 Å². The van der Waals surface area contributed by atoms with Crippen LogP contribution in [0.4, 0.5) is 0 Å². The predicted octanol–water partition coefficient (Wildman–Crippen LogP) is 6.67. The summed E-state index contributed by atoms with van der Waals surface area (Å²) < 4.78 is 57.2. The molecule has 7 rings (SSSR count). The summed E-state index contributed by atoms with van der Waals surface area (Å²) in [5.41, 5.74) is -5.37. The molecule has 2 fully saturated rings. The molecule has 0 bridgehead atoms. The number of rotatable bonds is 14. The summed E-state index contributed by atoms with van der Waals surface area (Å²) in [6.07, 6.45) is 1.74. The molecule has 2 amide bonds. The summed E-state index contributed by atoms with van der Waals surface area (Å²) in [7, 11) is 7.67. The Hall–Kier alpha value is -5.92. The van der Waals surface area contributed by atoms with Gasteiger partial charge in [-0.25, -0.2) is 0 Å². The molecule has 0 spiro atoms. The summed E-state index contributed by atoms with van der Waals surface area (Å²) in [6.45, 7) is 6.65. The lowest BCUT2D eigenvalue weighted by atomic mass is 9.79. The van der Waals surface area contributed by atoms with Gasteiger partial charge in [0.25, 0.3) is 11.8 Å². The fourth-order valence-corrected chi connectivity index (χ4v) is 8.42. The monoisotopic (exact) mass is 794 g/mol. The standard InChI is InChI=1S/C45H50N2O11/c1-42(2)40(48)46(26-30-21-23-31(50-5)24-22-30)44(57-42,38-33(51-6)17-13-18-34(38)52-7)45(39-35(53-8)19-14-20-36(39)54-9)47(41(49)43(3,4)58-45)32(37-27-55-28-56-37)25-29-15-11-10-12-16-29/h10-24,27,32H,25-26,28H2,1-9H3. The first kappa shape index (κ1) is 40.3. The summed E-state index contributed by atoms with van der Waals surface area (Å²) in [5, 5.41) is 0. The first-order valence-electron chi connectivity index (χ1n) is 18.9. The zero-order valence-electron chi connectivity index (χ0n) is 34.3. The number of nitrogens with zero attached hydrogens (tertiary/aromatic N) is 2. The third-order valence-electron chi connectivity index (χ3n) is 10.9. The second kappa shape index (κ2) is 15.4. The van der Waals surface area contributed by atoms with Crippen LogP contribution < -0.4 is 23.7 Å². The lowest BCUT2D eigenvalue weighted by Gasteiger charge is -2.54. The second-order valence-electron chi connectivity index (χ2n) is 15.2. The Morgan fingerprint density at radius 3 is 1.62 bits per heavy atom. The minimum absolute atomic E-state index is 0.0375. The summed E-state index contributed by atoms with van der Waals surface area (Å²) in [6, 6.07) is 26.7. The number of amides is 2. The van der Waals surface area contributed by atoms with Crippen molar-refractivity contribution in [3.63, 3.8) is 0 Å². The zero-order valence-corrected chi connectivity index (χ0v) is 34.3. The number of hydrogen-bond acceptors (Lipinski definition) is 11. The molecule has 2 saturated heterocycles. The van der Waals surface area contributed by atoms with Gasteiger partial charge in [-0.1, -0.05) is 54.6 Å². The fourth-order valence-electron chi connectivity index (χ4n) is 8.42. The Labute approximate surface area is 338 Å². The molecule has 4 aromatic rings. The first-order valence-corrected chi connectivity index (χ1v) is 18.9. The Morgan fingerprint density at radius 2 is 1.12 bits per heavy atom. The number of carbonyl (C=O) groups excluding carboxylic acids is 2. The summed E-state index contributed by atoms with van der Waals surface area (Å²) in [4.78, 5) is 34.5. The average Bonchev–Trinajstić information content (AvgIpc) is 3.90. The Bertz CT molecular complexity index is 2140. The van der Waals surface area contributed by atoms with Gasteiger partial charge in [0, 0.05) is 13.0 Å². The van der Waals surface area contributed by atoms with Gasteiger partial charge in [0.1, 0.15) is 46.2 Å². The molecule has 306 valence electrons. The molecule has 3 unspecified atom stereocenters. The van der Waals surface area contributed by atoms with Crippen molar-refractivity contribution in [1.82, 2.24) is 9.80 Å². The highest BCUT2D eigenvalue weighted by Gasteiger charge is 2.79. The van der Waals surface area contributed by atoms with Crippen LogP contribution in [0.25, 0.3) is 0 Å². The van der Waals surface area contributed by atoms with E-state index in [1.165, 1.54) is 34.7 Å². The lowest BCUT2D eigenvalue weighted by Crippen LogP contribution is -2.67. The van der Waals surface area contributed by atoms with E-state index in [1.54, 1.807) is 81.0 Å². The molecule has 58 heavy (non-hydrogen) atoms. The maximum absolute atomic E-state index is 15.8. The minimum atomic E-state index is -2.20. The predicted molar refractivity (Wildman–Crippen MR) is 212 cm³/mol. The highest BCUT2D eigenvalue weighted by Crippen LogP contribution is 2.66. The Morgan fingerprint density at radius 1 is 0.603 bits per heavy atom. The molecular weight excluding hydrogens is 744 g/mol. The molecule has 13 nitrogen and oxygen atoms in total. The van der Waals surface area contributed by atoms with Crippen molar-refractivity contribution >= 4 is 11.8 Å². The second-order valence-corrected chi connectivity index (χ2v) is 15.2. The first-order chi connectivity index (χ1) is 27.8. The van der Waals surface area contributed by atoms with Gasteiger partial charge in [0.15, 0.2) is 5.76 Å². The lowest BCUT2D eigenvalue weighted by molar-refractivity contribution is -0.319. The molecule has 0 saturated carbocycles. The maximum atomic E-state index is 15.8. The fraction of sp³-hybridized carbons (Fsp3) is 0.378. The van der Waals surface area contributed by atoms with Crippen molar-refractivity contribution in [3.05, 3.63) is 125 Å². The molecule has 0 aromatic heterocycles. The van der Waals surface area contributed by atoms with E-state index in [-0.39, 0.29) is 53.9 Å². The van der Waals surface area contributed by atoms with E-state index in [9.17, 15) is 0 Å². The van der Waals surface area contributed by atoms with Crippen LogP contribution in [0.5, 0.6) is 28.7 Å². The normalized spacial score (nSPS) is 22.5. The van der Waals surface area contributed by atoms with Crippen molar-refractivity contribution in [2.75, 3.05) is 42.3 Å². The third-order valence-corrected chi connectivity index (χ3v) is 10.9. The van der Waals surface area contributed by atoms with Crippen molar-refractivity contribution in [3.8, 4) is 28.7 Å². The highest BCUT2D eigenvalue weighted by molar-refractivity contribution is 5.91. The zero-order chi connectivity index (χ0) is 41.5. The van der Waals surface area contributed by atoms with Gasteiger partial charge in [-0.2, -0.15) is 0 Å². The molecule has 3 heterocycles. The molecular formula is C45H50N2O11. The largest absolute Gasteiger partial charge is 0.497 e. The number of benzene rings is 4. The van der Waals surface area contributed by atoms with Crippen LogP contribution >= 0.6 is 0 Å². The number of methoxy groups -OCH3 is 5. The third kappa shape index (κ3) is 6.33.